The maximum atomic E-state index is 4.68. The number of thioether (sulfide) groups is 1. The maximum Gasteiger partial charge on any atom is 0.157 e. The molecule has 14 heavy (non-hydrogen) atoms. The van der Waals surface area contributed by atoms with Crippen LogP contribution in [0.2, 0.25) is 0 Å². The van der Waals surface area contributed by atoms with Gasteiger partial charge >= 0.3 is 0 Å². The van der Waals surface area contributed by atoms with Crippen LogP contribution in [0.3, 0.4) is 0 Å². The van der Waals surface area contributed by atoms with Gasteiger partial charge in [-0.25, -0.2) is 0 Å². The van der Waals surface area contributed by atoms with E-state index < -0.39 is 0 Å². The van der Waals surface area contributed by atoms with Crippen LogP contribution in [0.5, 0.6) is 0 Å². The van der Waals surface area contributed by atoms with E-state index in [2.05, 4.69) is 44.9 Å². The first-order valence-corrected chi connectivity index (χ1v) is 6.46. The molecule has 3 heteroatoms. The monoisotopic (exact) mass is 214 g/mol. The van der Waals surface area contributed by atoms with Gasteiger partial charge in [-0.05, 0) is 18.8 Å². The van der Waals surface area contributed by atoms with Crippen molar-refractivity contribution in [2.75, 3.05) is 5.75 Å². The zero-order valence-corrected chi connectivity index (χ0v) is 10.7. The molecule has 0 aromatic heterocycles. The second kappa shape index (κ2) is 5.06. The number of hydrogen-bond acceptors (Lipinski definition) is 3. The van der Waals surface area contributed by atoms with Crippen molar-refractivity contribution in [3.63, 3.8) is 0 Å². The second-order valence-electron chi connectivity index (χ2n) is 4.73. The lowest BCUT2D eigenvalue weighted by Gasteiger charge is -2.17. The minimum Gasteiger partial charge on any atom is -0.362 e. The Morgan fingerprint density at radius 2 is 1.93 bits per heavy atom. The zero-order chi connectivity index (χ0) is 10.7. The quantitative estimate of drug-likeness (QED) is 0.781. The molecule has 1 N–H and O–H groups in total. The zero-order valence-electron chi connectivity index (χ0n) is 9.87. The van der Waals surface area contributed by atoms with Crippen molar-refractivity contribution in [3.8, 4) is 0 Å². The van der Waals surface area contributed by atoms with Gasteiger partial charge in [0.15, 0.2) is 5.17 Å². The van der Waals surface area contributed by atoms with Crippen LogP contribution in [0.1, 0.15) is 34.6 Å². The van der Waals surface area contributed by atoms with Crippen molar-refractivity contribution in [1.82, 2.24) is 5.32 Å². The number of rotatable bonds is 3. The predicted octanol–water partition coefficient (Wildman–Crippen LogP) is 2.75. The fourth-order valence-electron chi connectivity index (χ4n) is 1.17. The number of nitrogens with zero attached hydrogens (tertiary/aromatic N) is 1. The molecule has 0 radical (unpaired) electrons. The van der Waals surface area contributed by atoms with E-state index >= 15 is 0 Å². The van der Waals surface area contributed by atoms with Crippen LogP contribution in [0.15, 0.2) is 4.99 Å². The van der Waals surface area contributed by atoms with Gasteiger partial charge in [-0.3, -0.25) is 4.99 Å². The van der Waals surface area contributed by atoms with Crippen LogP contribution in [-0.2, 0) is 0 Å². The Hall–Kier alpha value is -0.180. The third-order valence-corrected chi connectivity index (χ3v) is 3.80. The first-order chi connectivity index (χ1) is 6.50. The lowest BCUT2D eigenvalue weighted by Crippen LogP contribution is -2.33. The van der Waals surface area contributed by atoms with E-state index in [1.54, 1.807) is 0 Å². The van der Waals surface area contributed by atoms with Gasteiger partial charge in [-0.15, -0.1) is 0 Å². The smallest absolute Gasteiger partial charge is 0.157 e. The molecule has 82 valence electrons. The molecule has 2 atom stereocenters. The lowest BCUT2D eigenvalue weighted by molar-refractivity contribution is 0.486. The molecule has 1 aliphatic rings. The SMILES string of the molecule is CC(C)C(C)NC1=N[C@@H](C(C)C)CS1. The summed E-state index contributed by atoms with van der Waals surface area (Å²) in [5, 5.41) is 4.62. The molecular formula is C11H22N2S. The van der Waals surface area contributed by atoms with E-state index in [-0.39, 0.29) is 0 Å². The van der Waals surface area contributed by atoms with Crippen LogP contribution in [0.25, 0.3) is 0 Å². The summed E-state index contributed by atoms with van der Waals surface area (Å²) in [7, 11) is 0. The predicted molar refractivity (Wildman–Crippen MR) is 66.0 cm³/mol. The molecule has 0 amide bonds. The standard InChI is InChI=1S/C11H22N2S/c1-7(2)9(5)12-11-13-10(6-14-11)8(3)4/h7-10H,6H2,1-5H3,(H,12,13)/t9?,10-/m1/s1. The van der Waals surface area contributed by atoms with Gasteiger partial charge in [-0.1, -0.05) is 39.5 Å². The van der Waals surface area contributed by atoms with Crippen molar-refractivity contribution in [2.24, 2.45) is 16.8 Å². The molecule has 0 spiro atoms. The summed E-state index contributed by atoms with van der Waals surface area (Å²) in [6.07, 6.45) is 0. The van der Waals surface area contributed by atoms with Crippen molar-refractivity contribution >= 4 is 16.9 Å². The molecule has 0 saturated carbocycles. The number of amidine groups is 1. The molecule has 0 saturated heterocycles. The third kappa shape index (κ3) is 3.19. The van der Waals surface area contributed by atoms with Crippen LogP contribution >= 0.6 is 11.8 Å². The van der Waals surface area contributed by atoms with E-state index in [0.717, 1.165) is 10.9 Å². The van der Waals surface area contributed by atoms with E-state index in [1.807, 2.05) is 11.8 Å². The summed E-state index contributed by atoms with van der Waals surface area (Å²) in [5.41, 5.74) is 0. The normalized spacial score (nSPS) is 24.2. The molecule has 1 unspecified atom stereocenters. The highest BCUT2D eigenvalue weighted by atomic mass is 32.2. The van der Waals surface area contributed by atoms with Gasteiger partial charge in [0.05, 0.1) is 6.04 Å². The summed E-state index contributed by atoms with van der Waals surface area (Å²) < 4.78 is 0. The van der Waals surface area contributed by atoms with Crippen molar-refractivity contribution < 1.29 is 0 Å². The van der Waals surface area contributed by atoms with Crippen LogP contribution in [-0.4, -0.2) is 23.0 Å². The highest BCUT2D eigenvalue weighted by Gasteiger charge is 2.22. The van der Waals surface area contributed by atoms with Gasteiger partial charge in [0.2, 0.25) is 0 Å². The average molecular weight is 214 g/mol. The maximum absolute atomic E-state index is 4.68. The fourth-order valence-corrected chi connectivity index (χ4v) is 2.44. The van der Waals surface area contributed by atoms with E-state index in [9.17, 15) is 0 Å². The molecule has 0 aromatic carbocycles. The van der Waals surface area contributed by atoms with Crippen LogP contribution in [0, 0.1) is 11.8 Å². The van der Waals surface area contributed by atoms with Crippen molar-refractivity contribution in [3.05, 3.63) is 0 Å². The summed E-state index contributed by atoms with van der Waals surface area (Å²) in [4.78, 5) is 4.68. The molecule has 1 heterocycles. The molecule has 0 bridgehead atoms. The van der Waals surface area contributed by atoms with Crippen LogP contribution in [0.4, 0.5) is 0 Å². The third-order valence-electron chi connectivity index (χ3n) is 2.79. The van der Waals surface area contributed by atoms with E-state index in [1.165, 1.54) is 0 Å². The number of hydrogen-bond donors (Lipinski definition) is 1. The minimum atomic E-state index is 0.516. The molecule has 1 aliphatic heterocycles. The van der Waals surface area contributed by atoms with Gasteiger partial charge in [0.25, 0.3) is 0 Å². The number of aliphatic imine (C=N–C) groups is 1. The Kier molecular flexibility index (Phi) is 4.30. The second-order valence-corrected chi connectivity index (χ2v) is 5.74. The Morgan fingerprint density at radius 3 is 2.36 bits per heavy atom. The molecule has 0 fully saturated rings. The number of nitrogens with one attached hydrogen (secondary N) is 1. The summed E-state index contributed by atoms with van der Waals surface area (Å²) in [6.45, 7) is 11.2. The molecular weight excluding hydrogens is 192 g/mol. The lowest BCUT2D eigenvalue weighted by atomic mass is 10.1. The van der Waals surface area contributed by atoms with Gasteiger partial charge in [0, 0.05) is 11.8 Å². The Labute approximate surface area is 92.0 Å². The first kappa shape index (κ1) is 11.9. The molecule has 0 aromatic rings. The minimum absolute atomic E-state index is 0.516. The van der Waals surface area contributed by atoms with Crippen molar-refractivity contribution in [1.29, 1.82) is 0 Å². The fraction of sp³-hybridized carbons (Fsp3) is 0.909. The van der Waals surface area contributed by atoms with E-state index in [0.29, 0.717) is 23.9 Å². The van der Waals surface area contributed by atoms with Crippen molar-refractivity contribution in [2.45, 2.75) is 46.7 Å². The van der Waals surface area contributed by atoms with Gasteiger partial charge in [-0.2, -0.15) is 0 Å². The Morgan fingerprint density at radius 1 is 1.29 bits per heavy atom. The Balaban J connectivity index is 2.44. The molecule has 0 aliphatic carbocycles. The highest BCUT2D eigenvalue weighted by Crippen LogP contribution is 2.22. The summed E-state index contributed by atoms with van der Waals surface area (Å²) in [5.74, 6) is 2.47. The summed E-state index contributed by atoms with van der Waals surface area (Å²) >= 11 is 1.86. The largest absolute Gasteiger partial charge is 0.362 e. The topological polar surface area (TPSA) is 24.4 Å². The molecule has 2 nitrogen and oxygen atoms in total. The van der Waals surface area contributed by atoms with E-state index in [4.69, 9.17) is 0 Å². The Bertz CT molecular complexity index is 211. The van der Waals surface area contributed by atoms with Gasteiger partial charge in [0.1, 0.15) is 0 Å². The highest BCUT2D eigenvalue weighted by molar-refractivity contribution is 8.14. The summed E-state index contributed by atoms with van der Waals surface area (Å²) in [6, 6.07) is 1.04. The molecule has 1 rings (SSSR count). The van der Waals surface area contributed by atoms with Crippen LogP contribution < -0.4 is 5.32 Å². The first-order valence-electron chi connectivity index (χ1n) is 5.47. The average Bonchev–Trinajstić information content (AvgIpc) is 2.52. The van der Waals surface area contributed by atoms with Gasteiger partial charge < -0.3 is 5.32 Å².